The Hall–Kier alpha value is -1.55. The lowest BCUT2D eigenvalue weighted by Crippen LogP contribution is -2.35. The van der Waals surface area contributed by atoms with Gasteiger partial charge in [-0.1, -0.05) is 18.2 Å². The molecule has 1 saturated heterocycles. The summed E-state index contributed by atoms with van der Waals surface area (Å²) >= 11 is 0. The van der Waals surface area contributed by atoms with Crippen molar-refractivity contribution >= 4 is 11.7 Å². The molecule has 0 bridgehead atoms. The molecule has 2 heterocycles. The molecule has 4 nitrogen and oxygen atoms in total. The molecule has 0 aliphatic carbocycles. The van der Waals surface area contributed by atoms with Crippen LogP contribution in [-0.4, -0.2) is 48.7 Å². The summed E-state index contributed by atoms with van der Waals surface area (Å²) in [6, 6.07) is 8.00. The van der Waals surface area contributed by atoms with Gasteiger partial charge >= 0.3 is 5.97 Å². The maximum atomic E-state index is 11.4. The summed E-state index contributed by atoms with van der Waals surface area (Å²) in [6.45, 7) is 5.55. The fraction of sp³-hybridized carbons (Fsp3) is 0.588. The summed E-state index contributed by atoms with van der Waals surface area (Å²) in [5.41, 5.74) is 2.11. The monoisotopic (exact) mass is 288 g/mol. The third-order valence-corrected chi connectivity index (χ3v) is 4.74. The number of hydrogen-bond acceptors (Lipinski definition) is 3. The Kier molecular flexibility index (Phi) is 4.44. The summed E-state index contributed by atoms with van der Waals surface area (Å²) < 4.78 is 0. The van der Waals surface area contributed by atoms with Crippen LogP contribution < -0.4 is 4.90 Å². The number of likely N-dealkylation sites (tertiary alicyclic amines) is 1. The Bertz CT molecular complexity index is 497. The Morgan fingerprint density at radius 2 is 1.90 bits per heavy atom. The normalized spacial score (nSPS) is 22.3. The van der Waals surface area contributed by atoms with Gasteiger partial charge in [0.2, 0.25) is 0 Å². The van der Waals surface area contributed by atoms with E-state index in [-0.39, 0.29) is 5.92 Å². The highest BCUT2D eigenvalue weighted by Crippen LogP contribution is 2.35. The van der Waals surface area contributed by atoms with E-state index in [9.17, 15) is 9.90 Å². The zero-order valence-corrected chi connectivity index (χ0v) is 12.5. The van der Waals surface area contributed by atoms with Gasteiger partial charge < -0.3 is 14.9 Å². The molecule has 0 aromatic heterocycles. The number of nitrogens with zero attached hydrogens (tertiary/aromatic N) is 2. The second-order valence-corrected chi connectivity index (χ2v) is 6.13. The second-order valence-electron chi connectivity index (χ2n) is 6.13. The van der Waals surface area contributed by atoms with Crippen LogP contribution in [0.25, 0.3) is 0 Å². The quantitative estimate of drug-likeness (QED) is 0.904. The zero-order valence-electron chi connectivity index (χ0n) is 12.5. The topological polar surface area (TPSA) is 43.8 Å². The Balaban J connectivity index is 1.63. The second kappa shape index (κ2) is 6.48. The molecular weight excluding hydrogens is 264 g/mol. The summed E-state index contributed by atoms with van der Waals surface area (Å²) in [7, 11) is 0. The first-order valence-electron chi connectivity index (χ1n) is 8.05. The van der Waals surface area contributed by atoms with Crippen LogP contribution in [0, 0.1) is 0 Å². The molecular formula is C17H24N2O2. The molecule has 0 spiro atoms. The maximum absolute atomic E-state index is 11.4. The lowest BCUT2D eigenvalue weighted by Gasteiger charge is -2.34. The fourth-order valence-electron chi connectivity index (χ4n) is 3.61. The Labute approximate surface area is 126 Å². The van der Waals surface area contributed by atoms with E-state index in [2.05, 4.69) is 15.9 Å². The lowest BCUT2D eigenvalue weighted by molar-refractivity contribution is -0.139. The third kappa shape index (κ3) is 3.21. The van der Waals surface area contributed by atoms with E-state index in [1.165, 1.54) is 32.5 Å². The van der Waals surface area contributed by atoms with Crippen LogP contribution in [0.5, 0.6) is 0 Å². The number of carboxylic acids is 1. The average molecular weight is 288 g/mol. The third-order valence-electron chi connectivity index (χ3n) is 4.74. The van der Waals surface area contributed by atoms with E-state index in [4.69, 9.17) is 0 Å². The predicted octanol–water partition coefficient (Wildman–Crippen LogP) is 2.55. The number of carbonyl (C=O) groups is 1. The fourth-order valence-corrected chi connectivity index (χ4v) is 3.61. The summed E-state index contributed by atoms with van der Waals surface area (Å²) in [6.07, 6.45) is 4.56. The van der Waals surface area contributed by atoms with Crippen molar-refractivity contribution in [2.45, 2.75) is 31.6 Å². The van der Waals surface area contributed by atoms with E-state index < -0.39 is 5.97 Å². The summed E-state index contributed by atoms with van der Waals surface area (Å²) in [5, 5.41) is 9.37. The Morgan fingerprint density at radius 1 is 1.14 bits per heavy atom. The molecule has 1 atom stereocenters. The van der Waals surface area contributed by atoms with Crippen LogP contribution in [-0.2, 0) is 4.79 Å². The molecule has 0 saturated carbocycles. The van der Waals surface area contributed by atoms with E-state index >= 15 is 0 Å². The SMILES string of the molecule is O=C(O)C1CCN(CCCN2CCCC2)c2ccccc21. The van der Waals surface area contributed by atoms with Crippen molar-refractivity contribution in [3.8, 4) is 0 Å². The van der Waals surface area contributed by atoms with Gasteiger partial charge in [-0.3, -0.25) is 4.79 Å². The smallest absolute Gasteiger partial charge is 0.311 e. The molecule has 4 heteroatoms. The van der Waals surface area contributed by atoms with Crippen molar-refractivity contribution in [1.82, 2.24) is 4.90 Å². The molecule has 2 aliphatic rings. The average Bonchev–Trinajstić information content (AvgIpc) is 3.00. The highest BCUT2D eigenvalue weighted by molar-refractivity contribution is 5.80. The van der Waals surface area contributed by atoms with Crippen LogP contribution >= 0.6 is 0 Å². The largest absolute Gasteiger partial charge is 0.481 e. The first-order valence-corrected chi connectivity index (χ1v) is 8.05. The van der Waals surface area contributed by atoms with Gasteiger partial charge in [0.05, 0.1) is 5.92 Å². The van der Waals surface area contributed by atoms with E-state index in [1.54, 1.807) is 0 Å². The number of benzene rings is 1. The van der Waals surface area contributed by atoms with Gasteiger partial charge in [0.1, 0.15) is 0 Å². The van der Waals surface area contributed by atoms with E-state index in [0.717, 1.165) is 37.2 Å². The summed E-state index contributed by atoms with van der Waals surface area (Å²) in [5.74, 6) is -1.03. The molecule has 1 aromatic carbocycles. The molecule has 21 heavy (non-hydrogen) atoms. The van der Waals surface area contributed by atoms with Crippen LogP contribution in [0.2, 0.25) is 0 Å². The number of carboxylic acid groups (broad SMARTS) is 1. The van der Waals surface area contributed by atoms with Crippen LogP contribution in [0.1, 0.15) is 37.2 Å². The Morgan fingerprint density at radius 3 is 2.67 bits per heavy atom. The van der Waals surface area contributed by atoms with E-state index in [0.29, 0.717) is 0 Å². The minimum Gasteiger partial charge on any atom is -0.481 e. The molecule has 1 fully saturated rings. The first-order chi connectivity index (χ1) is 10.3. The molecule has 1 aromatic rings. The van der Waals surface area contributed by atoms with Crippen molar-refractivity contribution in [1.29, 1.82) is 0 Å². The van der Waals surface area contributed by atoms with Crippen molar-refractivity contribution in [3.63, 3.8) is 0 Å². The molecule has 2 aliphatic heterocycles. The van der Waals surface area contributed by atoms with E-state index in [1.807, 2.05) is 18.2 Å². The van der Waals surface area contributed by atoms with Crippen molar-refractivity contribution in [2.24, 2.45) is 0 Å². The van der Waals surface area contributed by atoms with Crippen molar-refractivity contribution < 1.29 is 9.90 Å². The number of hydrogen-bond donors (Lipinski definition) is 1. The van der Waals surface area contributed by atoms with Gasteiger partial charge in [0, 0.05) is 18.8 Å². The number of fused-ring (bicyclic) bond motifs is 1. The number of anilines is 1. The highest BCUT2D eigenvalue weighted by atomic mass is 16.4. The molecule has 0 amide bonds. The zero-order chi connectivity index (χ0) is 14.7. The lowest BCUT2D eigenvalue weighted by atomic mass is 9.90. The molecule has 1 N–H and O–H groups in total. The van der Waals surface area contributed by atoms with Gasteiger partial charge in [0.25, 0.3) is 0 Å². The highest BCUT2D eigenvalue weighted by Gasteiger charge is 2.29. The molecule has 114 valence electrons. The maximum Gasteiger partial charge on any atom is 0.311 e. The van der Waals surface area contributed by atoms with Gasteiger partial charge in [-0.25, -0.2) is 0 Å². The number of para-hydroxylation sites is 1. The van der Waals surface area contributed by atoms with Crippen LogP contribution in [0.3, 0.4) is 0 Å². The first kappa shape index (κ1) is 14.4. The van der Waals surface area contributed by atoms with Gasteiger partial charge in [-0.2, -0.15) is 0 Å². The van der Waals surface area contributed by atoms with Gasteiger partial charge in [-0.05, 0) is 56.9 Å². The predicted molar refractivity (Wildman–Crippen MR) is 83.9 cm³/mol. The number of aliphatic carboxylic acids is 1. The molecule has 3 rings (SSSR count). The van der Waals surface area contributed by atoms with Gasteiger partial charge in [-0.15, -0.1) is 0 Å². The van der Waals surface area contributed by atoms with Crippen molar-refractivity contribution in [3.05, 3.63) is 29.8 Å². The summed E-state index contributed by atoms with van der Waals surface area (Å²) in [4.78, 5) is 16.3. The minimum absolute atomic E-state index is 0.337. The van der Waals surface area contributed by atoms with Crippen LogP contribution in [0.15, 0.2) is 24.3 Å². The standard InChI is InChI=1S/C17H24N2O2/c20-17(21)15-8-13-19(16-7-2-1-6-14(15)16)12-5-11-18-9-3-4-10-18/h1-2,6-7,15H,3-5,8-13H2,(H,20,21). The van der Waals surface area contributed by atoms with Crippen LogP contribution in [0.4, 0.5) is 5.69 Å². The van der Waals surface area contributed by atoms with Gasteiger partial charge in [0.15, 0.2) is 0 Å². The minimum atomic E-state index is -0.695. The number of rotatable bonds is 5. The molecule has 1 unspecified atom stereocenters. The van der Waals surface area contributed by atoms with Crippen molar-refractivity contribution in [2.75, 3.05) is 37.6 Å². The molecule has 0 radical (unpaired) electrons.